The van der Waals surface area contributed by atoms with E-state index in [1.54, 1.807) is 31.4 Å². The molecule has 2 N–H and O–H groups in total. The summed E-state index contributed by atoms with van der Waals surface area (Å²) in [6, 6.07) is 15.2. The van der Waals surface area contributed by atoms with Crippen molar-refractivity contribution in [3.63, 3.8) is 0 Å². The van der Waals surface area contributed by atoms with Gasteiger partial charge in [-0.1, -0.05) is 6.07 Å². The van der Waals surface area contributed by atoms with Gasteiger partial charge in [-0.15, -0.1) is 0 Å². The van der Waals surface area contributed by atoms with Gasteiger partial charge in [0.25, 0.3) is 0 Å². The van der Waals surface area contributed by atoms with Crippen LogP contribution in [0, 0.1) is 6.92 Å². The highest BCUT2D eigenvalue weighted by Gasteiger charge is 2.23. The molecule has 35 heavy (non-hydrogen) atoms. The van der Waals surface area contributed by atoms with Crippen molar-refractivity contribution in [3.8, 4) is 33.9 Å². The Kier molecular flexibility index (Phi) is 6.90. The van der Waals surface area contributed by atoms with Gasteiger partial charge in [0.2, 0.25) is 0 Å². The van der Waals surface area contributed by atoms with Gasteiger partial charge in [0.1, 0.15) is 22.8 Å². The lowest BCUT2D eigenvalue weighted by Crippen LogP contribution is -2.08. The third-order valence-electron chi connectivity index (χ3n) is 5.16. The predicted octanol–water partition coefficient (Wildman–Crippen LogP) is 4.44. The Morgan fingerprint density at radius 1 is 1.00 bits per heavy atom. The Bertz CT molecular complexity index is 1480. The monoisotopic (exact) mass is 500 g/mol. The molecular formula is C24H21O10P. The summed E-state index contributed by atoms with van der Waals surface area (Å²) in [5, 5.41) is 9.29. The SMILES string of the molecule is COc1ccc(-c2c3ccc(=O)cc-3oc3cc(OCOP(=O)(O)OCC(=O)O)ccc23)c(C)c1. The van der Waals surface area contributed by atoms with Crippen LogP contribution in [0.1, 0.15) is 5.56 Å². The third-order valence-corrected chi connectivity index (χ3v) is 6.05. The van der Waals surface area contributed by atoms with Crippen LogP contribution < -0.4 is 14.9 Å². The van der Waals surface area contributed by atoms with Crippen molar-refractivity contribution >= 4 is 24.8 Å². The zero-order valence-electron chi connectivity index (χ0n) is 18.7. The van der Waals surface area contributed by atoms with Gasteiger partial charge in [0.05, 0.1) is 7.11 Å². The molecule has 0 saturated heterocycles. The van der Waals surface area contributed by atoms with E-state index in [9.17, 15) is 19.0 Å². The first-order valence-corrected chi connectivity index (χ1v) is 11.8. The van der Waals surface area contributed by atoms with Gasteiger partial charge >= 0.3 is 13.8 Å². The number of phosphoric acid groups is 1. The van der Waals surface area contributed by atoms with E-state index in [1.165, 1.54) is 12.1 Å². The number of methoxy groups -OCH3 is 1. The van der Waals surface area contributed by atoms with Crippen molar-refractivity contribution in [1.82, 2.24) is 0 Å². The van der Waals surface area contributed by atoms with Gasteiger partial charge in [-0.05, 0) is 54.4 Å². The van der Waals surface area contributed by atoms with Crippen LogP contribution in [0.3, 0.4) is 0 Å². The molecule has 1 aliphatic carbocycles. The number of carbonyl (C=O) groups is 1. The van der Waals surface area contributed by atoms with Gasteiger partial charge < -0.3 is 23.9 Å². The van der Waals surface area contributed by atoms with E-state index in [4.69, 9.17) is 19.0 Å². The highest BCUT2D eigenvalue weighted by molar-refractivity contribution is 7.47. The van der Waals surface area contributed by atoms with Crippen LogP contribution in [-0.4, -0.2) is 36.5 Å². The highest BCUT2D eigenvalue weighted by Crippen LogP contribution is 2.44. The van der Waals surface area contributed by atoms with Gasteiger partial charge in [-0.25, -0.2) is 13.9 Å². The Balaban J connectivity index is 1.72. The molecule has 2 aromatic carbocycles. The van der Waals surface area contributed by atoms with Gasteiger partial charge in [-0.2, -0.15) is 0 Å². The molecule has 0 amide bonds. The molecule has 10 nitrogen and oxygen atoms in total. The summed E-state index contributed by atoms with van der Waals surface area (Å²) < 4.78 is 37.3. The van der Waals surface area contributed by atoms with Crippen LogP contribution in [-0.2, 0) is 18.4 Å². The topological polar surface area (TPSA) is 142 Å². The molecule has 4 rings (SSSR count). The highest BCUT2D eigenvalue weighted by atomic mass is 31.2. The van der Waals surface area contributed by atoms with Crippen molar-refractivity contribution in [2.45, 2.75) is 6.92 Å². The minimum absolute atomic E-state index is 0.209. The zero-order chi connectivity index (χ0) is 25.2. The minimum atomic E-state index is -4.60. The molecule has 11 heteroatoms. The number of aryl methyl sites for hydroxylation is 1. The van der Waals surface area contributed by atoms with E-state index in [0.29, 0.717) is 17.1 Å². The quantitative estimate of drug-likeness (QED) is 0.192. The number of benzene rings is 3. The van der Waals surface area contributed by atoms with Crippen molar-refractivity contribution in [1.29, 1.82) is 0 Å². The van der Waals surface area contributed by atoms with E-state index in [-0.39, 0.29) is 11.2 Å². The zero-order valence-corrected chi connectivity index (χ0v) is 19.6. The molecule has 1 atom stereocenters. The van der Waals surface area contributed by atoms with Crippen LogP contribution in [0.4, 0.5) is 0 Å². The fourth-order valence-corrected chi connectivity index (χ4v) is 4.14. The summed E-state index contributed by atoms with van der Waals surface area (Å²) in [5.41, 5.74) is 3.67. The Morgan fingerprint density at radius 2 is 1.74 bits per heavy atom. The molecule has 1 heterocycles. The van der Waals surface area contributed by atoms with Crippen LogP contribution in [0.2, 0.25) is 0 Å². The second kappa shape index (κ2) is 9.89. The normalized spacial score (nSPS) is 13.0. The van der Waals surface area contributed by atoms with Crippen LogP contribution in [0.25, 0.3) is 33.4 Å². The van der Waals surface area contributed by atoms with Crippen LogP contribution >= 0.6 is 7.82 Å². The molecule has 0 aromatic heterocycles. The number of ether oxygens (including phenoxy) is 2. The van der Waals surface area contributed by atoms with Gasteiger partial charge in [0, 0.05) is 28.6 Å². The number of carboxylic acids is 1. The minimum Gasteiger partial charge on any atom is -0.497 e. The first-order chi connectivity index (χ1) is 16.7. The summed E-state index contributed by atoms with van der Waals surface area (Å²) >= 11 is 0. The first-order valence-electron chi connectivity index (χ1n) is 10.3. The molecule has 182 valence electrons. The maximum Gasteiger partial charge on any atom is 0.475 e. The van der Waals surface area contributed by atoms with E-state index >= 15 is 0 Å². The van der Waals surface area contributed by atoms with E-state index < -0.39 is 27.2 Å². The van der Waals surface area contributed by atoms with Crippen molar-refractivity contribution < 1.29 is 42.3 Å². The number of phosphoric ester groups is 1. The summed E-state index contributed by atoms with van der Waals surface area (Å²) in [5.74, 6) is -0.0807. The molecule has 2 aromatic rings. The smallest absolute Gasteiger partial charge is 0.475 e. The molecule has 0 fully saturated rings. The summed E-state index contributed by atoms with van der Waals surface area (Å²) in [7, 11) is -3.01. The predicted molar refractivity (Wildman–Crippen MR) is 126 cm³/mol. The fraction of sp³-hybridized carbons (Fsp3) is 0.167. The largest absolute Gasteiger partial charge is 0.497 e. The van der Waals surface area contributed by atoms with Crippen molar-refractivity contribution in [2.75, 3.05) is 20.5 Å². The van der Waals surface area contributed by atoms with E-state index in [0.717, 1.165) is 27.6 Å². The lowest BCUT2D eigenvalue weighted by molar-refractivity contribution is -0.140. The average molecular weight is 500 g/mol. The lowest BCUT2D eigenvalue weighted by atomic mass is 9.91. The average Bonchev–Trinajstić information content (AvgIpc) is 2.81. The number of fused-ring (bicyclic) bond motifs is 2. The molecule has 2 aliphatic rings. The van der Waals surface area contributed by atoms with E-state index in [1.807, 2.05) is 25.1 Å². The molecule has 0 spiro atoms. The van der Waals surface area contributed by atoms with Gasteiger partial charge in [0.15, 0.2) is 18.8 Å². The van der Waals surface area contributed by atoms with Gasteiger partial charge in [-0.3, -0.25) is 9.32 Å². The number of hydrogen-bond donors (Lipinski definition) is 2. The number of aliphatic carboxylic acids is 1. The summed E-state index contributed by atoms with van der Waals surface area (Å²) in [6.45, 7) is 0.280. The number of rotatable bonds is 9. The Morgan fingerprint density at radius 3 is 2.46 bits per heavy atom. The molecule has 0 bridgehead atoms. The summed E-state index contributed by atoms with van der Waals surface area (Å²) in [6.07, 6.45) is 0. The van der Waals surface area contributed by atoms with Crippen molar-refractivity contribution in [3.05, 3.63) is 70.4 Å². The third kappa shape index (κ3) is 5.52. The molecule has 0 radical (unpaired) electrons. The second-order valence-corrected chi connectivity index (χ2v) is 8.95. The molecular weight excluding hydrogens is 479 g/mol. The maximum atomic E-state index is 12.0. The molecule has 1 aliphatic heterocycles. The second-order valence-electron chi connectivity index (χ2n) is 7.50. The number of hydrogen-bond acceptors (Lipinski definition) is 8. The first kappa shape index (κ1) is 24.4. The maximum absolute atomic E-state index is 12.0. The summed E-state index contributed by atoms with van der Waals surface area (Å²) in [4.78, 5) is 32.0. The number of carboxylic acid groups (broad SMARTS) is 1. The van der Waals surface area contributed by atoms with Crippen molar-refractivity contribution in [2.24, 2.45) is 0 Å². The van der Waals surface area contributed by atoms with Crippen LogP contribution in [0.15, 0.2) is 63.8 Å². The van der Waals surface area contributed by atoms with Crippen LogP contribution in [0.5, 0.6) is 11.5 Å². The lowest BCUT2D eigenvalue weighted by Gasteiger charge is -2.18. The Hall–Kier alpha value is -3.69. The molecule has 0 saturated carbocycles. The standard InChI is InChI=1S/C24H21O10P/c1-14-9-16(30-2)4-7-18(14)24-19-6-3-15(25)10-21(19)34-22-11-17(5-8-20(22)24)31-13-33-35(28,29)32-12-23(26)27/h3-11H,12-13H2,1-2H3,(H,26,27)(H,28,29). The Labute approximate surface area is 199 Å². The van der Waals surface area contributed by atoms with E-state index in [2.05, 4.69) is 9.05 Å². The fourth-order valence-electron chi connectivity index (χ4n) is 3.61. The molecule has 1 unspecified atom stereocenters.